The van der Waals surface area contributed by atoms with Crippen LogP contribution in [-0.2, 0) is 8.85 Å². The molecule has 0 aromatic heterocycles. The van der Waals surface area contributed by atoms with Gasteiger partial charge in [0.15, 0.2) is 23.3 Å². The topological polar surface area (TPSA) is 79.8 Å². The Morgan fingerprint density at radius 1 is 0.929 bits per heavy atom. The van der Waals surface area contributed by atoms with Gasteiger partial charge in [0.1, 0.15) is 5.69 Å². The summed E-state index contributed by atoms with van der Waals surface area (Å²) >= 11 is 0. The highest BCUT2D eigenvalue weighted by atomic mass is 28.4. The van der Waals surface area contributed by atoms with Crippen molar-refractivity contribution in [3.63, 3.8) is 0 Å². The summed E-state index contributed by atoms with van der Waals surface area (Å²) in [6.45, 7) is 6.81. The Bertz CT molecular complexity index is 667. The molecule has 0 saturated heterocycles. The van der Waals surface area contributed by atoms with Gasteiger partial charge in [-0.3, -0.25) is 0 Å². The molecule has 0 unspecified atom stereocenters. The van der Waals surface area contributed by atoms with Crippen LogP contribution in [0.3, 0.4) is 0 Å². The summed E-state index contributed by atoms with van der Waals surface area (Å²) in [5.74, 6) is -10.9. The fourth-order valence-electron chi connectivity index (χ4n) is 2.27. The van der Waals surface area contributed by atoms with E-state index in [1.807, 2.05) is 0 Å². The van der Waals surface area contributed by atoms with Gasteiger partial charge >= 0.3 is 14.8 Å². The number of benzene rings is 1. The van der Waals surface area contributed by atoms with Gasteiger partial charge in [-0.25, -0.2) is 26.7 Å². The van der Waals surface area contributed by atoms with Gasteiger partial charge in [0, 0.05) is 24.8 Å². The molecule has 28 heavy (non-hydrogen) atoms. The molecule has 0 spiro atoms. The van der Waals surface area contributed by atoms with Crippen molar-refractivity contribution < 1.29 is 40.4 Å². The molecule has 0 heterocycles. The van der Waals surface area contributed by atoms with Crippen LogP contribution in [0.2, 0.25) is 6.04 Å². The number of urea groups is 1. The van der Waals surface area contributed by atoms with Crippen molar-refractivity contribution in [2.75, 3.05) is 11.9 Å². The molecule has 0 aliphatic rings. The molecule has 0 aliphatic carbocycles. The minimum Gasteiger partial charge on any atom is -0.390 e. The van der Waals surface area contributed by atoms with E-state index in [-0.39, 0.29) is 31.2 Å². The lowest BCUT2D eigenvalue weighted by atomic mass is 10.2. The quantitative estimate of drug-likeness (QED) is 0.184. The summed E-state index contributed by atoms with van der Waals surface area (Å²) < 4.78 is 77.2. The van der Waals surface area contributed by atoms with Crippen molar-refractivity contribution in [1.29, 1.82) is 0 Å². The summed E-state index contributed by atoms with van der Waals surface area (Å²) in [6.07, 6.45) is -0.394. The summed E-state index contributed by atoms with van der Waals surface area (Å²) in [4.78, 5) is 22.2. The summed E-state index contributed by atoms with van der Waals surface area (Å²) in [5.41, 5.74) is -1.45. The van der Waals surface area contributed by atoms with E-state index in [1.54, 1.807) is 33.0 Å². The van der Waals surface area contributed by atoms with E-state index in [4.69, 9.17) is 8.85 Å². The largest absolute Gasteiger partial charge is 0.498 e. The van der Waals surface area contributed by atoms with Crippen LogP contribution in [0.5, 0.6) is 0 Å². The van der Waals surface area contributed by atoms with Gasteiger partial charge in [-0.05, 0) is 34.1 Å². The Morgan fingerprint density at radius 3 is 1.79 bits per heavy atom. The second-order valence-electron chi connectivity index (χ2n) is 6.48. The van der Waals surface area contributed by atoms with E-state index in [0.29, 0.717) is 0 Å². The minimum absolute atomic E-state index is 0.0700. The Labute approximate surface area is 160 Å². The van der Waals surface area contributed by atoms with Crippen molar-refractivity contribution >= 4 is 20.5 Å². The molecule has 0 fully saturated rings. The molecule has 0 radical (unpaired) electrons. The van der Waals surface area contributed by atoms with Gasteiger partial charge in [-0.15, -0.1) is 0 Å². The maximum atomic E-state index is 13.5. The predicted molar refractivity (Wildman–Crippen MR) is 93.1 cm³/mol. The lowest BCUT2D eigenvalue weighted by molar-refractivity contribution is 0.0474. The number of amides is 2. The number of anilines is 1. The van der Waals surface area contributed by atoms with Crippen LogP contribution < -0.4 is 10.6 Å². The number of carbonyl (C=O) groups excluding carboxylic acids is 1. The van der Waals surface area contributed by atoms with E-state index < -0.39 is 49.6 Å². The van der Waals surface area contributed by atoms with E-state index in [0.717, 1.165) is 0 Å². The average molecular weight is 430 g/mol. The first kappa shape index (κ1) is 24.3. The van der Waals surface area contributed by atoms with E-state index >= 15 is 0 Å². The number of hydrogen-bond acceptors (Lipinski definition) is 4. The van der Waals surface area contributed by atoms with Gasteiger partial charge in [0.05, 0.1) is 0 Å². The standard InChI is InChI=1S/C16H23F5N2O4Si/c1-8(2)26-28(25,27-9(3)4)7-5-6-22-16(24)23-15-13(20)11(18)10(17)12(19)14(15)21/h8-9,25H,5-7H2,1-4H3,(H2,22,23,24). The molecule has 0 bridgehead atoms. The number of hydrogen-bond donors (Lipinski definition) is 3. The number of carbonyl (C=O) groups is 1. The van der Waals surface area contributed by atoms with Crippen molar-refractivity contribution in [3.05, 3.63) is 29.1 Å². The molecule has 1 aromatic carbocycles. The number of rotatable bonds is 9. The second-order valence-corrected chi connectivity index (χ2v) is 8.87. The Morgan fingerprint density at radius 2 is 1.36 bits per heavy atom. The third-order valence-electron chi connectivity index (χ3n) is 3.24. The predicted octanol–water partition coefficient (Wildman–Crippen LogP) is 3.67. The zero-order valence-electron chi connectivity index (χ0n) is 15.8. The Hall–Kier alpha value is -1.76. The summed E-state index contributed by atoms with van der Waals surface area (Å²) in [6, 6.07) is -1.09. The average Bonchev–Trinajstić information content (AvgIpc) is 2.57. The molecule has 1 rings (SSSR count). The first-order valence-electron chi connectivity index (χ1n) is 8.52. The van der Waals surface area contributed by atoms with E-state index in [1.165, 1.54) is 0 Å². The Balaban J connectivity index is 2.64. The van der Waals surface area contributed by atoms with Gasteiger partial charge in [0.25, 0.3) is 0 Å². The molecule has 160 valence electrons. The van der Waals surface area contributed by atoms with Crippen LogP contribution in [0.25, 0.3) is 0 Å². The molecule has 2 amide bonds. The third-order valence-corrected chi connectivity index (χ3v) is 5.91. The fourth-order valence-corrected chi connectivity index (χ4v) is 4.66. The normalized spacial score (nSPS) is 12.0. The smallest absolute Gasteiger partial charge is 0.390 e. The molecule has 12 heteroatoms. The first-order chi connectivity index (χ1) is 12.9. The van der Waals surface area contributed by atoms with Gasteiger partial charge in [0.2, 0.25) is 5.82 Å². The van der Waals surface area contributed by atoms with Gasteiger partial charge < -0.3 is 24.3 Å². The third kappa shape index (κ3) is 6.69. The van der Waals surface area contributed by atoms with E-state index in [2.05, 4.69) is 5.32 Å². The van der Waals surface area contributed by atoms with Crippen LogP contribution in [0.15, 0.2) is 0 Å². The lowest BCUT2D eigenvalue weighted by Gasteiger charge is -2.28. The molecule has 1 aromatic rings. The van der Waals surface area contributed by atoms with Crippen LogP contribution in [0.1, 0.15) is 34.1 Å². The SMILES string of the molecule is CC(C)O[Si](O)(CCCNC(=O)Nc1c(F)c(F)c(F)c(F)c1F)OC(C)C. The minimum atomic E-state index is -3.49. The maximum Gasteiger partial charge on any atom is 0.498 e. The Kier molecular flexibility index (Phi) is 8.79. The summed E-state index contributed by atoms with van der Waals surface area (Å²) in [5, 5.41) is 3.79. The monoisotopic (exact) mass is 430 g/mol. The van der Waals surface area contributed by atoms with Gasteiger partial charge in [-0.2, -0.15) is 0 Å². The van der Waals surface area contributed by atoms with Crippen molar-refractivity contribution in [2.45, 2.75) is 52.4 Å². The van der Waals surface area contributed by atoms with Crippen LogP contribution >= 0.6 is 0 Å². The number of nitrogens with one attached hydrogen (secondary N) is 2. The van der Waals surface area contributed by atoms with Gasteiger partial charge in [-0.1, -0.05) is 0 Å². The highest BCUT2D eigenvalue weighted by molar-refractivity contribution is 6.59. The molecule has 3 N–H and O–H groups in total. The first-order valence-corrected chi connectivity index (χ1v) is 10.5. The molecule has 0 saturated carbocycles. The highest BCUT2D eigenvalue weighted by Gasteiger charge is 2.38. The van der Waals surface area contributed by atoms with Crippen LogP contribution in [0, 0.1) is 29.1 Å². The van der Waals surface area contributed by atoms with E-state index in [9.17, 15) is 31.5 Å². The zero-order valence-corrected chi connectivity index (χ0v) is 16.8. The maximum absolute atomic E-state index is 13.5. The molecular weight excluding hydrogens is 407 g/mol. The second kappa shape index (κ2) is 10.1. The highest BCUT2D eigenvalue weighted by Crippen LogP contribution is 2.27. The van der Waals surface area contributed by atoms with Crippen molar-refractivity contribution in [3.8, 4) is 0 Å². The number of halogens is 5. The van der Waals surface area contributed by atoms with Crippen LogP contribution in [-0.4, -0.2) is 38.4 Å². The molecular formula is C16H23F5N2O4Si. The fraction of sp³-hybridized carbons (Fsp3) is 0.562. The lowest BCUT2D eigenvalue weighted by Crippen LogP contribution is -2.46. The van der Waals surface area contributed by atoms with Crippen molar-refractivity contribution in [1.82, 2.24) is 5.32 Å². The molecule has 0 atom stereocenters. The van der Waals surface area contributed by atoms with Crippen LogP contribution in [0.4, 0.5) is 32.4 Å². The molecule has 0 aliphatic heterocycles. The van der Waals surface area contributed by atoms with Crippen molar-refractivity contribution in [2.24, 2.45) is 0 Å². The molecule has 6 nitrogen and oxygen atoms in total. The zero-order chi connectivity index (χ0) is 21.6. The summed E-state index contributed by atoms with van der Waals surface area (Å²) in [7, 11) is -3.49.